The SMILES string of the molecule is Cc1ccc(N2c3ccccc3CCC2C)c(C(=N)N)c1. The number of nitrogens with one attached hydrogen (secondary N) is 1. The zero-order valence-corrected chi connectivity index (χ0v) is 12.6. The number of hydrogen-bond donors (Lipinski definition) is 2. The van der Waals surface area contributed by atoms with Crippen molar-refractivity contribution in [3.63, 3.8) is 0 Å². The lowest BCUT2D eigenvalue weighted by molar-refractivity contribution is 0.618. The van der Waals surface area contributed by atoms with Gasteiger partial charge in [-0.05, 0) is 50.5 Å². The lowest BCUT2D eigenvalue weighted by Crippen LogP contribution is -2.34. The molecule has 21 heavy (non-hydrogen) atoms. The van der Waals surface area contributed by atoms with Crippen molar-refractivity contribution in [2.24, 2.45) is 5.73 Å². The number of anilines is 2. The van der Waals surface area contributed by atoms with Crippen molar-refractivity contribution in [3.05, 3.63) is 59.2 Å². The molecule has 1 heterocycles. The second kappa shape index (κ2) is 5.24. The lowest BCUT2D eigenvalue weighted by atomic mass is 9.94. The highest BCUT2D eigenvalue weighted by Gasteiger charge is 2.26. The van der Waals surface area contributed by atoms with E-state index in [1.807, 2.05) is 13.0 Å². The molecule has 0 bridgehead atoms. The van der Waals surface area contributed by atoms with Gasteiger partial charge in [0, 0.05) is 17.3 Å². The number of fused-ring (bicyclic) bond motifs is 1. The highest BCUT2D eigenvalue weighted by atomic mass is 15.2. The Morgan fingerprint density at radius 1 is 1.19 bits per heavy atom. The molecular weight excluding hydrogens is 258 g/mol. The minimum atomic E-state index is 0.129. The molecule has 1 aliphatic rings. The second-order valence-corrected chi connectivity index (χ2v) is 5.82. The molecular formula is C18H21N3. The zero-order chi connectivity index (χ0) is 15.0. The van der Waals surface area contributed by atoms with Crippen molar-refractivity contribution in [2.45, 2.75) is 32.7 Å². The van der Waals surface area contributed by atoms with E-state index in [9.17, 15) is 0 Å². The van der Waals surface area contributed by atoms with Crippen molar-refractivity contribution in [1.29, 1.82) is 5.41 Å². The largest absolute Gasteiger partial charge is 0.384 e. The molecule has 0 radical (unpaired) electrons. The van der Waals surface area contributed by atoms with Gasteiger partial charge in [-0.25, -0.2) is 0 Å². The van der Waals surface area contributed by atoms with E-state index in [1.165, 1.54) is 11.3 Å². The van der Waals surface area contributed by atoms with Crippen LogP contribution < -0.4 is 10.6 Å². The fourth-order valence-electron chi connectivity index (χ4n) is 3.13. The maximum absolute atomic E-state index is 7.89. The average Bonchev–Trinajstić information content (AvgIpc) is 2.47. The Morgan fingerprint density at radius 2 is 1.95 bits per heavy atom. The number of nitrogens with two attached hydrogens (primary N) is 1. The number of hydrogen-bond acceptors (Lipinski definition) is 2. The average molecular weight is 279 g/mol. The van der Waals surface area contributed by atoms with Crippen LogP contribution in [0.15, 0.2) is 42.5 Å². The van der Waals surface area contributed by atoms with Crippen LogP contribution in [0.25, 0.3) is 0 Å². The van der Waals surface area contributed by atoms with Gasteiger partial charge in [0.2, 0.25) is 0 Å². The minimum absolute atomic E-state index is 0.129. The Kier molecular flexibility index (Phi) is 3.42. The molecule has 108 valence electrons. The van der Waals surface area contributed by atoms with E-state index in [1.54, 1.807) is 0 Å². The van der Waals surface area contributed by atoms with Crippen LogP contribution in [-0.2, 0) is 6.42 Å². The van der Waals surface area contributed by atoms with E-state index >= 15 is 0 Å². The molecule has 2 aromatic carbocycles. The van der Waals surface area contributed by atoms with E-state index in [0.717, 1.165) is 29.7 Å². The first kappa shape index (κ1) is 13.7. The molecule has 0 aliphatic carbocycles. The van der Waals surface area contributed by atoms with Gasteiger partial charge >= 0.3 is 0 Å². The molecule has 3 N–H and O–H groups in total. The van der Waals surface area contributed by atoms with Crippen molar-refractivity contribution < 1.29 is 0 Å². The van der Waals surface area contributed by atoms with E-state index in [4.69, 9.17) is 11.1 Å². The van der Waals surface area contributed by atoms with Gasteiger partial charge in [0.25, 0.3) is 0 Å². The fourth-order valence-corrected chi connectivity index (χ4v) is 3.13. The second-order valence-electron chi connectivity index (χ2n) is 5.82. The molecule has 0 fully saturated rings. The summed E-state index contributed by atoms with van der Waals surface area (Å²) in [6, 6.07) is 15.1. The summed E-state index contributed by atoms with van der Waals surface area (Å²) in [5.74, 6) is 0.129. The standard InChI is InChI=1S/C18H21N3/c1-12-7-10-17(15(11-12)18(19)20)21-13(2)8-9-14-5-3-4-6-16(14)21/h3-7,10-11,13H,8-9H2,1-2H3,(H3,19,20). The first-order valence-corrected chi connectivity index (χ1v) is 7.40. The highest BCUT2D eigenvalue weighted by molar-refractivity contribution is 6.01. The Labute approximate surface area is 125 Å². The minimum Gasteiger partial charge on any atom is -0.384 e. The number of aryl methyl sites for hydroxylation is 2. The molecule has 0 aromatic heterocycles. The van der Waals surface area contributed by atoms with Crippen LogP contribution in [0.1, 0.15) is 30.0 Å². The van der Waals surface area contributed by atoms with E-state index in [-0.39, 0.29) is 5.84 Å². The van der Waals surface area contributed by atoms with Gasteiger partial charge in [-0.15, -0.1) is 0 Å². The first-order valence-electron chi connectivity index (χ1n) is 7.40. The predicted octanol–water partition coefficient (Wildman–Crippen LogP) is 3.75. The summed E-state index contributed by atoms with van der Waals surface area (Å²) >= 11 is 0. The molecule has 0 saturated heterocycles. The van der Waals surface area contributed by atoms with Gasteiger partial charge in [-0.1, -0.05) is 29.8 Å². The Balaban J connectivity index is 2.18. The maximum Gasteiger partial charge on any atom is 0.124 e. The summed E-state index contributed by atoms with van der Waals surface area (Å²) in [4.78, 5) is 2.33. The van der Waals surface area contributed by atoms with Crippen LogP contribution in [0.2, 0.25) is 0 Å². The molecule has 0 spiro atoms. The molecule has 3 heteroatoms. The number of para-hydroxylation sites is 1. The Hall–Kier alpha value is -2.29. The zero-order valence-electron chi connectivity index (χ0n) is 12.6. The van der Waals surface area contributed by atoms with Gasteiger partial charge in [-0.2, -0.15) is 0 Å². The topological polar surface area (TPSA) is 53.1 Å². The van der Waals surface area contributed by atoms with Crippen LogP contribution in [0.4, 0.5) is 11.4 Å². The maximum atomic E-state index is 7.89. The fraction of sp³-hybridized carbons (Fsp3) is 0.278. The summed E-state index contributed by atoms with van der Waals surface area (Å²) in [6.07, 6.45) is 2.22. The van der Waals surface area contributed by atoms with Crippen LogP contribution in [0, 0.1) is 12.3 Å². The third-order valence-corrected chi connectivity index (χ3v) is 4.23. The van der Waals surface area contributed by atoms with Gasteiger partial charge in [-0.3, -0.25) is 5.41 Å². The summed E-state index contributed by atoms with van der Waals surface area (Å²) in [5.41, 5.74) is 11.4. The quantitative estimate of drug-likeness (QED) is 0.649. The molecule has 1 atom stereocenters. The molecule has 2 aromatic rings. The van der Waals surface area contributed by atoms with Crippen LogP contribution in [-0.4, -0.2) is 11.9 Å². The number of nitrogens with zero attached hydrogens (tertiary/aromatic N) is 1. The van der Waals surface area contributed by atoms with Gasteiger partial charge in [0.05, 0.1) is 5.69 Å². The van der Waals surface area contributed by atoms with Crippen molar-refractivity contribution in [1.82, 2.24) is 0 Å². The number of rotatable bonds is 2. The van der Waals surface area contributed by atoms with Crippen molar-refractivity contribution in [2.75, 3.05) is 4.90 Å². The molecule has 3 nitrogen and oxygen atoms in total. The molecule has 0 saturated carbocycles. The van der Waals surface area contributed by atoms with Crippen molar-refractivity contribution in [3.8, 4) is 0 Å². The number of amidine groups is 1. The monoisotopic (exact) mass is 279 g/mol. The lowest BCUT2D eigenvalue weighted by Gasteiger charge is -2.38. The van der Waals surface area contributed by atoms with Crippen LogP contribution in [0.3, 0.4) is 0 Å². The Bertz CT molecular complexity index is 691. The predicted molar refractivity (Wildman–Crippen MR) is 88.6 cm³/mol. The summed E-state index contributed by atoms with van der Waals surface area (Å²) in [5, 5.41) is 7.89. The highest BCUT2D eigenvalue weighted by Crippen LogP contribution is 2.38. The van der Waals surface area contributed by atoms with Crippen LogP contribution >= 0.6 is 0 Å². The molecule has 1 aliphatic heterocycles. The van der Waals surface area contributed by atoms with Gasteiger partial charge in [0.15, 0.2) is 0 Å². The number of nitrogen functional groups attached to an aromatic ring is 1. The third-order valence-electron chi connectivity index (χ3n) is 4.23. The van der Waals surface area contributed by atoms with Gasteiger partial charge in [0.1, 0.15) is 5.84 Å². The third kappa shape index (κ3) is 2.40. The van der Waals surface area contributed by atoms with Crippen molar-refractivity contribution >= 4 is 17.2 Å². The Morgan fingerprint density at radius 3 is 2.71 bits per heavy atom. The summed E-state index contributed by atoms with van der Waals surface area (Å²) < 4.78 is 0. The van der Waals surface area contributed by atoms with Gasteiger partial charge < -0.3 is 10.6 Å². The summed E-state index contributed by atoms with van der Waals surface area (Å²) in [7, 11) is 0. The molecule has 1 unspecified atom stereocenters. The smallest absolute Gasteiger partial charge is 0.124 e. The van der Waals surface area contributed by atoms with Crippen LogP contribution in [0.5, 0.6) is 0 Å². The first-order chi connectivity index (χ1) is 10.1. The molecule has 0 amide bonds. The van der Waals surface area contributed by atoms with E-state index < -0.39 is 0 Å². The number of benzene rings is 2. The van der Waals surface area contributed by atoms with E-state index in [2.05, 4.69) is 48.2 Å². The van der Waals surface area contributed by atoms with E-state index in [0.29, 0.717) is 6.04 Å². The summed E-state index contributed by atoms with van der Waals surface area (Å²) in [6.45, 7) is 4.27. The molecule has 3 rings (SSSR count). The normalized spacial score (nSPS) is 17.4.